The summed E-state index contributed by atoms with van der Waals surface area (Å²) in [7, 11) is -3.81. The summed E-state index contributed by atoms with van der Waals surface area (Å²) in [6.07, 6.45) is 3.11. The molecule has 3 aliphatic rings. The molecular formula is C23H33N3O7S. The predicted octanol–water partition coefficient (Wildman–Crippen LogP) is 1.48. The van der Waals surface area contributed by atoms with Gasteiger partial charge in [-0.3, -0.25) is 14.4 Å². The van der Waals surface area contributed by atoms with Gasteiger partial charge in [0.25, 0.3) is 15.9 Å². The van der Waals surface area contributed by atoms with Crippen LogP contribution in [0.15, 0.2) is 15.6 Å². The maximum atomic E-state index is 13.5. The molecule has 10 nitrogen and oxygen atoms in total. The van der Waals surface area contributed by atoms with E-state index in [0.29, 0.717) is 26.1 Å². The largest absolute Gasteiger partial charge is 0.448 e. The molecule has 3 saturated heterocycles. The Balaban J connectivity index is 1.54. The van der Waals surface area contributed by atoms with Crippen LogP contribution in [0.1, 0.15) is 62.1 Å². The van der Waals surface area contributed by atoms with E-state index < -0.39 is 28.0 Å². The van der Waals surface area contributed by atoms with Crippen LogP contribution in [0.4, 0.5) is 0 Å². The fourth-order valence-electron chi connectivity index (χ4n) is 5.03. The number of fused-ring (bicyclic) bond motifs is 1. The van der Waals surface area contributed by atoms with Crippen molar-refractivity contribution in [2.75, 3.05) is 26.2 Å². The van der Waals surface area contributed by atoms with Crippen LogP contribution >= 0.6 is 0 Å². The normalized spacial score (nSPS) is 24.5. The molecule has 3 atom stereocenters. The molecule has 0 saturated carbocycles. The SMILES string of the molecule is Cc1oc(S(=O)(=O)N2CCCC2)cc1C(=O)NC(CC(C)C)C(=O)N1CCCC2OCC(=O)C21. The zero-order valence-electron chi connectivity index (χ0n) is 19.9. The second-order valence-electron chi connectivity index (χ2n) is 9.74. The number of aryl methyl sites for hydroxylation is 1. The van der Waals surface area contributed by atoms with E-state index in [1.54, 1.807) is 4.90 Å². The smallest absolute Gasteiger partial charge is 0.276 e. The molecular weight excluding hydrogens is 462 g/mol. The maximum Gasteiger partial charge on any atom is 0.276 e. The Morgan fingerprint density at radius 2 is 1.88 bits per heavy atom. The Kier molecular flexibility index (Phi) is 7.16. The van der Waals surface area contributed by atoms with Crippen LogP contribution in [0.3, 0.4) is 0 Å². The Bertz CT molecular complexity index is 1060. The predicted molar refractivity (Wildman–Crippen MR) is 122 cm³/mol. The van der Waals surface area contributed by atoms with E-state index in [1.165, 1.54) is 17.3 Å². The number of hydrogen-bond donors (Lipinski definition) is 1. The Hall–Kier alpha value is -2.24. The monoisotopic (exact) mass is 495 g/mol. The Morgan fingerprint density at radius 1 is 1.18 bits per heavy atom. The fourth-order valence-corrected chi connectivity index (χ4v) is 6.52. The Labute approximate surface area is 200 Å². The lowest BCUT2D eigenvalue weighted by Gasteiger charge is -2.37. The van der Waals surface area contributed by atoms with E-state index in [4.69, 9.17) is 9.15 Å². The number of likely N-dealkylation sites (tertiary alicyclic amines) is 1. The minimum Gasteiger partial charge on any atom is -0.448 e. The van der Waals surface area contributed by atoms with Gasteiger partial charge < -0.3 is 19.4 Å². The first-order valence-corrected chi connectivity index (χ1v) is 13.4. The van der Waals surface area contributed by atoms with Crippen molar-refractivity contribution in [1.82, 2.24) is 14.5 Å². The van der Waals surface area contributed by atoms with E-state index >= 15 is 0 Å². The number of rotatable bonds is 7. The number of ether oxygens (including phenoxy) is 1. The first-order valence-electron chi connectivity index (χ1n) is 12.0. The molecule has 0 aliphatic carbocycles. The number of piperidine rings is 1. The third kappa shape index (κ3) is 4.78. The van der Waals surface area contributed by atoms with Crippen LogP contribution in [0, 0.1) is 12.8 Å². The second kappa shape index (κ2) is 9.79. The molecule has 11 heteroatoms. The molecule has 4 heterocycles. The minimum atomic E-state index is -3.81. The van der Waals surface area contributed by atoms with Crippen molar-refractivity contribution in [2.45, 2.75) is 76.2 Å². The number of carbonyl (C=O) groups is 3. The van der Waals surface area contributed by atoms with E-state index in [2.05, 4.69) is 5.32 Å². The summed E-state index contributed by atoms with van der Waals surface area (Å²) in [6, 6.07) is -0.228. The van der Waals surface area contributed by atoms with Gasteiger partial charge in [-0.05, 0) is 44.9 Å². The van der Waals surface area contributed by atoms with Crippen molar-refractivity contribution in [3.05, 3.63) is 17.4 Å². The topological polar surface area (TPSA) is 126 Å². The number of furan rings is 1. The molecule has 0 aromatic carbocycles. The fraction of sp³-hybridized carbons (Fsp3) is 0.696. The molecule has 1 aromatic rings. The quantitative estimate of drug-likeness (QED) is 0.607. The van der Waals surface area contributed by atoms with Crippen molar-refractivity contribution >= 4 is 27.6 Å². The molecule has 1 N–H and O–H groups in total. The number of nitrogens with one attached hydrogen (secondary N) is 1. The molecule has 3 fully saturated rings. The lowest BCUT2D eigenvalue weighted by atomic mass is 9.95. The summed E-state index contributed by atoms with van der Waals surface area (Å²) < 4.78 is 38.1. The highest BCUT2D eigenvalue weighted by Gasteiger charge is 2.46. The van der Waals surface area contributed by atoms with Crippen LogP contribution in [-0.2, 0) is 24.3 Å². The first-order chi connectivity index (χ1) is 16.1. The standard InChI is InChI=1S/C23H33N3O7S/c1-14(2)11-17(23(29)26-10-6-7-19-21(26)18(27)13-32-19)24-22(28)16-12-20(33-15(16)3)34(30,31)25-8-4-5-9-25/h12,14,17,19,21H,4-11,13H2,1-3H3,(H,24,28). The van der Waals surface area contributed by atoms with Crippen LogP contribution < -0.4 is 5.32 Å². The van der Waals surface area contributed by atoms with Crippen LogP contribution in [0.5, 0.6) is 0 Å². The van der Waals surface area contributed by atoms with Crippen LogP contribution in [-0.4, -0.2) is 79.6 Å². The van der Waals surface area contributed by atoms with Gasteiger partial charge in [0.05, 0.1) is 11.7 Å². The van der Waals surface area contributed by atoms with Gasteiger partial charge in [0.1, 0.15) is 24.5 Å². The number of ketones is 1. The zero-order valence-corrected chi connectivity index (χ0v) is 20.7. The highest BCUT2D eigenvalue weighted by Crippen LogP contribution is 2.28. The molecule has 4 rings (SSSR count). The van der Waals surface area contributed by atoms with Crippen molar-refractivity contribution < 1.29 is 32.0 Å². The summed E-state index contributed by atoms with van der Waals surface area (Å²) in [4.78, 5) is 40.6. The summed E-state index contributed by atoms with van der Waals surface area (Å²) in [5, 5.41) is 2.51. The van der Waals surface area contributed by atoms with Gasteiger partial charge in [0.2, 0.25) is 11.0 Å². The summed E-state index contributed by atoms with van der Waals surface area (Å²) in [6.45, 7) is 6.70. The first kappa shape index (κ1) is 24.9. The molecule has 0 bridgehead atoms. The number of sulfonamides is 1. The second-order valence-corrected chi connectivity index (χ2v) is 11.6. The highest BCUT2D eigenvalue weighted by atomic mass is 32.2. The lowest BCUT2D eigenvalue weighted by Crippen LogP contribution is -2.58. The average molecular weight is 496 g/mol. The van der Waals surface area contributed by atoms with Gasteiger partial charge >= 0.3 is 0 Å². The van der Waals surface area contributed by atoms with E-state index in [0.717, 1.165) is 25.7 Å². The highest BCUT2D eigenvalue weighted by molar-refractivity contribution is 7.89. The summed E-state index contributed by atoms with van der Waals surface area (Å²) >= 11 is 0. The van der Waals surface area contributed by atoms with Gasteiger partial charge in [-0.15, -0.1) is 0 Å². The molecule has 3 unspecified atom stereocenters. The zero-order chi connectivity index (χ0) is 24.6. The lowest BCUT2D eigenvalue weighted by molar-refractivity contribution is -0.142. The molecule has 34 heavy (non-hydrogen) atoms. The van der Waals surface area contributed by atoms with Crippen molar-refractivity contribution in [3.8, 4) is 0 Å². The van der Waals surface area contributed by atoms with Gasteiger partial charge in [0.15, 0.2) is 5.78 Å². The number of amides is 2. The van der Waals surface area contributed by atoms with Gasteiger partial charge in [0, 0.05) is 25.7 Å². The molecule has 1 aromatic heterocycles. The van der Waals surface area contributed by atoms with Gasteiger partial charge in [-0.1, -0.05) is 13.8 Å². The molecule has 3 aliphatic heterocycles. The van der Waals surface area contributed by atoms with Gasteiger partial charge in [-0.2, -0.15) is 4.31 Å². The molecule has 0 radical (unpaired) electrons. The third-order valence-electron chi connectivity index (χ3n) is 6.74. The van der Waals surface area contributed by atoms with Crippen LogP contribution in [0.2, 0.25) is 0 Å². The van der Waals surface area contributed by atoms with E-state index in [9.17, 15) is 22.8 Å². The van der Waals surface area contributed by atoms with Crippen molar-refractivity contribution in [1.29, 1.82) is 0 Å². The van der Waals surface area contributed by atoms with E-state index in [1.807, 2.05) is 13.8 Å². The summed E-state index contributed by atoms with van der Waals surface area (Å²) in [5.74, 6) is -0.743. The third-order valence-corrected chi connectivity index (χ3v) is 8.49. The van der Waals surface area contributed by atoms with Gasteiger partial charge in [-0.25, -0.2) is 8.42 Å². The minimum absolute atomic E-state index is 0.00278. The van der Waals surface area contributed by atoms with Crippen molar-refractivity contribution in [2.24, 2.45) is 5.92 Å². The molecule has 2 amide bonds. The number of Topliss-reactive ketones (excluding diaryl/α,β-unsaturated/α-hetero) is 1. The average Bonchev–Trinajstić information content (AvgIpc) is 3.53. The van der Waals surface area contributed by atoms with Crippen LogP contribution in [0.25, 0.3) is 0 Å². The molecule has 0 spiro atoms. The maximum absolute atomic E-state index is 13.5. The summed E-state index contributed by atoms with van der Waals surface area (Å²) in [5.41, 5.74) is 0.0797. The number of carbonyl (C=O) groups excluding carboxylic acids is 3. The van der Waals surface area contributed by atoms with E-state index in [-0.39, 0.29) is 46.7 Å². The Morgan fingerprint density at radius 3 is 2.56 bits per heavy atom. The molecule has 188 valence electrons. The number of nitrogens with zero attached hydrogens (tertiary/aromatic N) is 2. The number of hydrogen-bond acceptors (Lipinski definition) is 7. The van der Waals surface area contributed by atoms with Crippen molar-refractivity contribution in [3.63, 3.8) is 0 Å².